The molecule has 0 aromatic carbocycles. The predicted molar refractivity (Wildman–Crippen MR) is 49.8 cm³/mol. The quantitative estimate of drug-likeness (QED) is 0.566. The van der Waals surface area contributed by atoms with Crippen LogP contribution in [0, 0.1) is 30.6 Å². The van der Waals surface area contributed by atoms with Crippen molar-refractivity contribution in [3.63, 3.8) is 0 Å². The minimum Gasteiger partial charge on any atom is -0.320 e. The first kappa shape index (κ1) is 16.2. The standard InChI is InChI=1S/C10H7F6NO/c1-3-5-17(6-4-2)8(18)7(9(11,12)13)10(14,15)16/h1-2,7H,5-6H2. The minimum atomic E-state index is -5.75. The molecule has 0 aliphatic rings. The van der Waals surface area contributed by atoms with Gasteiger partial charge in [0.05, 0.1) is 13.1 Å². The summed E-state index contributed by atoms with van der Waals surface area (Å²) >= 11 is 0. The number of nitrogens with zero attached hydrogens (tertiary/aromatic N) is 1. The van der Waals surface area contributed by atoms with E-state index >= 15 is 0 Å². The average molecular weight is 271 g/mol. The highest BCUT2D eigenvalue weighted by Crippen LogP contribution is 2.40. The highest BCUT2D eigenvalue weighted by atomic mass is 19.4. The maximum atomic E-state index is 12.2. The number of alkyl halides is 6. The molecule has 0 bridgehead atoms. The molecule has 0 radical (unpaired) electrons. The molecule has 2 nitrogen and oxygen atoms in total. The number of terminal acetylenes is 2. The molecule has 0 fully saturated rings. The van der Waals surface area contributed by atoms with Crippen LogP contribution in [-0.4, -0.2) is 36.2 Å². The monoisotopic (exact) mass is 271 g/mol. The van der Waals surface area contributed by atoms with Crippen LogP contribution in [0.4, 0.5) is 26.3 Å². The first-order chi connectivity index (χ1) is 8.05. The summed E-state index contributed by atoms with van der Waals surface area (Å²) in [5.41, 5.74) is 0. The second-order valence-electron chi connectivity index (χ2n) is 3.12. The van der Waals surface area contributed by atoms with Crippen LogP contribution < -0.4 is 0 Å². The molecule has 1 amide bonds. The predicted octanol–water partition coefficient (Wildman–Crippen LogP) is 1.82. The fraction of sp³-hybridized carbons (Fsp3) is 0.500. The Kier molecular flexibility index (Phi) is 5.10. The van der Waals surface area contributed by atoms with Crippen molar-refractivity contribution >= 4 is 5.91 Å². The van der Waals surface area contributed by atoms with E-state index in [-0.39, 0.29) is 4.90 Å². The van der Waals surface area contributed by atoms with Crippen LogP contribution in [0.2, 0.25) is 0 Å². The van der Waals surface area contributed by atoms with Crippen molar-refractivity contribution < 1.29 is 31.1 Å². The lowest BCUT2D eigenvalue weighted by molar-refractivity contribution is -0.277. The summed E-state index contributed by atoms with van der Waals surface area (Å²) in [5.74, 6) is -2.79. The van der Waals surface area contributed by atoms with Crippen molar-refractivity contribution in [2.75, 3.05) is 13.1 Å². The fourth-order valence-electron chi connectivity index (χ4n) is 1.08. The smallest absolute Gasteiger partial charge is 0.320 e. The molecular formula is C10H7F6NO. The number of carbonyl (C=O) groups is 1. The van der Waals surface area contributed by atoms with Crippen molar-refractivity contribution in [3.8, 4) is 24.7 Å². The van der Waals surface area contributed by atoms with Gasteiger partial charge in [0.15, 0.2) is 0 Å². The Morgan fingerprint density at radius 1 is 1.00 bits per heavy atom. The molecule has 0 aliphatic carbocycles. The first-order valence-electron chi connectivity index (χ1n) is 4.34. The van der Waals surface area contributed by atoms with Crippen LogP contribution in [0.25, 0.3) is 0 Å². The lowest BCUT2D eigenvalue weighted by atomic mass is 10.1. The molecule has 0 aromatic heterocycles. The van der Waals surface area contributed by atoms with Gasteiger partial charge in [0, 0.05) is 0 Å². The van der Waals surface area contributed by atoms with E-state index in [1.54, 1.807) is 11.8 Å². The molecule has 0 N–H and O–H groups in total. The minimum absolute atomic E-state index is 0.144. The van der Waals surface area contributed by atoms with E-state index in [0.717, 1.165) is 0 Å². The number of amides is 1. The summed E-state index contributed by atoms with van der Waals surface area (Å²) in [6.07, 6.45) is -2.02. The van der Waals surface area contributed by atoms with Crippen LogP contribution >= 0.6 is 0 Å². The second kappa shape index (κ2) is 5.67. The third kappa shape index (κ3) is 4.21. The number of hydrogen-bond acceptors (Lipinski definition) is 1. The average Bonchev–Trinajstić information content (AvgIpc) is 2.12. The van der Waals surface area contributed by atoms with Gasteiger partial charge >= 0.3 is 12.4 Å². The molecule has 0 aromatic rings. The molecule has 0 aliphatic heterocycles. The van der Waals surface area contributed by atoms with Gasteiger partial charge in [-0.1, -0.05) is 11.8 Å². The molecule has 8 heteroatoms. The summed E-state index contributed by atoms with van der Waals surface area (Å²) in [6, 6.07) is 0. The lowest BCUT2D eigenvalue weighted by Gasteiger charge is -2.27. The second-order valence-corrected chi connectivity index (χ2v) is 3.12. The van der Waals surface area contributed by atoms with E-state index < -0.39 is 37.3 Å². The number of rotatable bonds is 3. The van der Waals surface area contributed by atoms with Gasteiger partial charge in [-0.05, 0) is 0 Å². The molecule has 18 heavy (non-hydrogen) atoms. The molecule has 0 saturated carbocycles. The lowest BCUT2D eigenvalue weighted by Crippen LogP contribution is -2.49. The highest BCUT2D eigenvalue weighted by molar-refractivity contribution is 5.81. The van der Waals surface area contributed by atoms with E-state index in [0.29, 0.717) is 0 Å². The molecule has 0 unspecified atom stereocenters. The Morgan fingerprint density at radius 3 is 1.56 bits per heavy atom. The molecular weight excluding hydrogens is 264 g/mol. The topological polar surface area (TPSA) is 20.3 Å². The van der Waals surface area contributed by atoms with Gasteiger partial charge in [-0.25, -0.2) is 0 Å². The Hall–Kier alpha value is -1.83. The van der Waals surface area contributed by atoms with E-state index in [9.17, 15) is 31.1 Å². The normalized spacial score (nSPS) is 11.8. The SMILES string of the molecule is C#CCN(CC#C)C(=O)C(C(F)(F)F)C(F)(F)F. The number of hydrogen-bond donors (Lipinski definition) is 0. The zero-order chi connectivity index (χ0) is 14.6. The Labute approximate surface area is 98.9 Å². The largest absolute Gasteiger partial charge is 0.409 e. The van der Waals surface area contributed by atoms with Crippen molar-refractivity contribution in [2.45, 2.75) is 12.4 Å². The third-order valence-corrected chi connectivity index (χ3v) is 1.78. The Bertz CT molecular complexity index is 353. The van der Waals surface area contributed by atoms with Gasteiger partial charge in [0.2, 0.25) is 11.8 Å². The van der Waals surface area contributed by atoms with E-state index in [1.807, 2.05) is 0 Å². The zero-order valence-corrected chi connectivity index (χ0v) is 8.77. The van der Waals surface area contributed by atoms with Gasteiger partial charge in [0.1, 0.15) is 0 Å². The summed E-state index contributed by atoms with van der Waals surface area (Å²) < 4.78 is 73.4. The van der Waals surface area contributed by atoms with E-state index in [2.05, 4.69) is 0 Å². The molecule has 0 spiro atoms. The van der Waals surface area contributed by atoms with Crippen LogP contribution in [0.3, 0.4) is 0 Å². The highest BCUT2D eigenvalue weighted by Gasteiger charge is 2.61. The molecule has 0 atom stereocenters. The number of carbonyl (C=O) groups excluding carboxylic acids is 1. The molecule has 0 heterocycles. The summed E-state index contributed by atoms with van der Waals surface area (Å²) in [4.78, 5) is 11.4. The van der Waals surface area contributed by atoms with Gasteiger partial charge in [-0.2, -0.15) is 26.3 Å². The van der Waals surface area contributed by atoms with Crippen LogP contribution in [-0.2, 0) is 4.79 Å². The van der Waals surface area contributed by atoms with Crippen LogP contribution in [0.15, 0.2) is 0 Å². The van der Waals surface area contributed by atoms with Gasteiger partial charge in [-0.15, -0.1) is 12.8 Å². The Balaban J connectivity index is 5.33. The van der Waals surface area contributed by atoms with Crippen molar-refractivity contribution in [1.82, 2.24) is 4.90 Å². The van der Waals surface area contributed by atoms with Gasteiger partial charge < -0.3 is 4.90 Å². The summed E-state index contributed by atoms with van der Waals surface area (Å²) in [6.45, 7) is -1.46. The van der Waals surface area contributed by atoms with E-state index in [1.165, 1.54) is 0 Å². The first-order valence-corrected chi connectivity index (χ1v) is 4.34. The molecule has 100 valence electrons. The summed E-state index contributed by atoms with van der Waals surface area (Å²) in [7, 11) is 0. The van der Waals surface area contributed by atoms with Gasteiger partial charge in [0.25, 0.3) is 0 Å². The van der Waals surface area contributed by atoms with E-state index in [4.69, 9.17) is 12.8 Å². The maximum Gasteiger partial charge on any atom is 0.409 e. The van der Waals surface area contributed by atoms with Crippen molar-refractivity contribution in [1.29, 1.82) is 0 Å². The van der Waals surface area contributed by atoms with Crippen molar-refractivity contribution in [3.05, 3.63) is 0 Å². The fourth-order valence-corrected chi connectivity index (χ4v) is 1.08. The van der Waals surface area contributed by atoms with Crippen LogP contribution in [0.5, 0.6) is 0 Å². The van der Waals surface area contributed by atoms with Crippen LogP contribution in [0.1, 0.15) is 0 Å². The third-order valence-electron chi connectivity index (χ3n) is 1.78. The molecule has 0 rings (SSSR count). The van der Waals surface area contributed by atoms with Crippen molar-refractivity contribution in [2.24, 2.45) is 5.92 Å². The summed E-state index contributed by atoms with van der Waals surface area (Å²) in [5, 5.41) is 0. The Morgan fingerprint density at radius 2 is 1.33 bits per heavy atom. The zero-order valence-electron chi connectivity index (χ0n) is 8.77. The number of halogens is 6. The molecule has 0 saturated heterocycles. The maximum absolute atomic E-state index is 12.2. The van der Waals surface area contributed by atoms with Gasteiger partial charge in [-0.3, -0.25) is 4.79 Å².